The van der Waals surface area contributed by atoms with Crippen molar-refractivity contribution in [3.05, 3.63) is 64.7 Å². The minimum Gasteiger partial charge on any atom is -0.355 e. The summed E-state index contributed by atoms with van der Waals surface area (Å²) in [6.07, 6.45) is 5.62. The van der Waals surface area contributed by atoms with Crippen molar-refractivity contribution in [1.29, 1.82) is 0 Å². The third-order valence-electron chi connectivity index (χ3n) is 5.47. The summed E-state index contributed by atoms with van der Waals surface area (Å²) < 4.78 is 0. The van der Waals surface area contributed by atoms with Gasteiger partial charge in [-0.2, -0.15) is 0 Å². The Kier molecular flexibility index (Phi) is 4.81. The predicted octanol–water partition coefficient (Wildman–Crippen LogP) is 5.11. The third-order valence-corrected chi connectivity index (χ3v) is 6.21. The van der Waals surface area contributed by atoms with E-state index in [0.29, 0.717) is 16.0 Å². The lowest BCUT2D eigenvalue weighted by atomic mass is 9.94. The van der Waals surface area contributed by atoms with Crippen LogP contribution in [-0.4, -0.2) is 38.5 Å². The van der Waals surface area contributed by atoms with Gasteiger partial charge >= 0.3 is 0 Å². The van der Waals surface area contributed by atoms with Crippen LogP contribution in [0.15, 0.2) is 48.9 Å². The average Bonchev–Trinajstić information content (AvgIpc) is 3.30. The van der Waals surface area contributed by atoms with Crippen LogP contribution in [0.1, 0.15) is 24.5 Å². The topological polar surface area (TPSA) is 70.6 Å². The van der Waals surface area contributed by atoms with Gasteiger partial charge in [-0.15, -0.1) is 5.10 Å². The van der Waals surface area contributed by atoms with Crippen LogP contribution in [0.4, 0.5) is 5.82 Å². The van der Waals surface area contributed by atoms with E-state index in [-0.39, 0.29) is 0 Å². The molecule has 0 aliphatic carbocycles. The molecule has 29 heavy (non-hydrogen) atoms. The second kappa shape index (κ2) is 7.61. The molecule has 146 valence electrons. The summed E-state index contributed by atoms with van der Waals surface area (Å²) in [6, 6.07) is 11.8. The van der Waals surface area contributed by atoms with Crippen molar-refractivity contribution in [2.45, 2.75) is 18.8 Å². The molecule has 0 radical (unpaired) electrons. The van der Waals surface area contributed by atoms with Gasteiger partial charge in [-0.1, -0.05) is 46.6 Å². The lowest BCUT2D eigenvalue weighted by Gasteiger charge is -2.33. The largest absolute Gasteiger partial charge is 0.355 e. The molecule has 1 unspecified atom stereocenters. The molecule has 1 aliphatic rings. The number of fused-ring (bicyclic) bond motifs is 1. The second-order valence-electron chi connectivity index (χ2n) is 7.22. The number of aromatic nitrogens is 5. The number of halogens is 2. The summed E-state index contributed by atoms with van der Waals surface area (Å²) >= 11 is 12.4. The Labute approximate surface area is 177 Å². The van der Waals surface area contributed by atoms with Crippen LogP contribution < -0.4 is 4.90 Å². The number of benzene rings is 2. The zero-order chi connectivity index (χ0) is 19.8. The molecule has 5 rings (SSSR count). The summed E-state index contributed by atoms with van der Waals surface area (Å²) in [7, 11) is 0. The predicted molar refractivity (Wildman–Crippen MR) is 116 cm³/mol. The van der Waals surface area contributed by atoms with Crippen molar-refractivity contribution >= 4 is 39.9 Å². The van der Waals surface area contributed by atoms with Crippen molar-refractivity contribution in [2.24, 2.45) is 0 Å². The highest BCUT2D eigenvalue weighted by atomic mass is 35.5. The molecule has 3 heterocycles. The van der Waals surface area contributed by atoms with Crippen molar-refractivity contribution in [3.63, 3.8) is 0 Å². The molecule has 1 saturated heterocycles. The Morgan fingerprint density at radius 2 is 2.00 bits per heavy atom. The first-order valence-electron chi connectivity index (χ1n) is 9.51. The Bertz CT molecular complexity index is 1160. The van der Waals surface area contributed by atoms with Crippen LogP contribution in [0, 0.1) is 0 Å². The van der Waals surface area contributed by atoms with Crippen LogP contribution in [0.25, 0.3) is 22.0 Å². The van der Waals surface area contributed by atoms with E-state index >= 15 is 0 Å². The maximum absolute atomic E-state index is 6.29. The molecule has 0 spiro atoms. The van der Waals surface area contributed by atoms with E-state index < -0.39 is 0 Å². The van der Waals surface area contributed by atoms with Gasteiger partial charge in [-0.3, -0.25) is 5.10 Å². The number of nitrogens with one attached hydrogen (secondary N) is 1. The highest BCUT2D eigenvalue weighted by molar-refractivity contribution is 6.42. The Morgan fingerprint density at radius 3 is 2.83 bits per heavy atom. The number of piperidine rings is 1. The maximum atomic E-state index is 6.29. The minimum absolute atomic E-state index is 0.348. The maximum Gasteiger partial charge on any atom is 0.140 e. The first kappa shape index (κ1) is 18.3. The standard InChI is InChI=1S/C21H18Cl2N6/c22-16-7-6-13(9-17(16)23)15-4-1-5-18-20(15)21(25-12-24-18)29-8-2-3-14(11-29)19-10-26-28-27-19/h1,4-7,9-10,12,14H,2-3,8,11H2,(H,26,27,28). The fourth-order valence-corrected chi connectivity index (χ4v) is 4.36. The zero-order valence-electron chi connectivity index (χ0n) is 15.5. The van der Waals surface area contributed by atoms with Crippen LogP contribution in [0.2, 0.25) is 10.0 Å². The number of anilines is 1. The van der Waals surface area contributed by atoms with Crippen molar-refractivity contribution in [1.82, 2.24) is 25.4 Å². The smallest absolute Gasteiger partial charge is 0.140 e. The lowest BCUT2D eigenvalue weighted by Crippen LogP contribution is -2.35. The van der Waals surface area contributed by atoms with Gasteiger partial charge in [-0.05, 0) is 42.2 Å². The van der Waals surface area contributed by atoms with E-state index in [1.165, 1.54) is 0 Å². The molecule has 8 heteroatoms. The third kappa shape index (κ3) is 3.43. The summed E-state index contributed by atoms with van der Waals surface area (Å²) in [6.45, 7) is 1.80. The molecule has 2 aromatic heterocycles. The zero-order valence-corrected chi connectivity index (χ0v) is 17.0. The monoisotopic (exact) mass is 424 g/mol. The fraction of sp³-hybridized carbons (Fsp3) is 0.238. The summed E-state index contributed by atoms with van der Waals surface area (Å²) in [4.78, 5) is 11.5. The van der Waals surface area contributed by atoms with Crippen molar-refractivity contribution in [3.8, 4) is 11.1 Å². The van der Waals surface area contributed by atoms with Gasteiger partial charge in [0, 0.05) is 19.0 Å². The number of rotatable bonds is 3. The molecule has 0 bridgehead atoms. The first-order valence-corrected chi connectivity index (χ1v) is 10.3. The lowest BCUT2D eigenvalue weighted by molar-refractivity contribution is 0.499. The quantitative estimate of drug-likeness (QED) is 0.494. The van der Waals surface area contributed by atoms with E-state index in [1.807, 2.05) is 36.5 Å². The van der Waals surface area contributed by atoms with Gasteiger partial charge < -0.3 is 4.90 Å². The molecular formula is C21H18Cl2N6. The normalized spacial score (nSPS) is 17.0. The van der Waals surface area contributed by atoms with E-state index in [0.717, 1.165) is 59.5 Å². The summed E-state index contributed by atoms with van der Waals surface area (Å²) in [5.41, 5.74) is 4.01. The van der Waals surface area contributed by atoms with Gasteiger partial charge in [0.15, 0.2) is 0 Å². The number of aromatic amines is 1. The van der Waals surface area contributed by atoms with Crippen LogP contribution in [-0.2, 0) is 0 Å². The molecular weight excluding hydrogens is 407 g/mol. The molecule has 2 aromatic carbocycles. The fourth-order valence-electron chi connectivity index (χ4n) is 4.06. The molecule has 6 nitrogen and oxygen atoms in total. The molecule has 1 N–H and O–H groups in total. The van der Waals surface area contributed by atoms with E-state index in [9.17, 15) is 0 Å². The summed E-state index contributed by atoms with van der Waals surface area (Å²) in [5.74, 6) is 1.29. The minimum atomic E-state index is 0.348. The van der Waals surface area contributed by atoms with Crippen LogP contribution >= 0.6 is 23.2 Å². The average molecular weight is 425 g/mol. The van der Waals surface area contributed by atoms with Crippen LogP contribution in [0.3, 0.4) is 0 Å². The number of hydrogen-bond acceptors (Lipinski definition) is 5. The molecule has 1 fully saturated rings. The first-order chi connectivity index (χ1) is 14.2. The van der Waals surface area contributed by atoms with Gasteiger partial charge in [0.1, 0.15) is 12.1 Å². The SMILES string of the molecule is Clc1ccc(-c2cccc3ncnc(N4CCCC(c5cnn[nH]5)C4)c23)cc1Cl. The van der Waals surface area contributed by atoms with Gasteiger partial charge in [0.05, 0.1) is 32.8 Å². The molecule has 4 aromatic rings. The number of nitrogens with zero attached hydrogens (tertiary/aromatic N) is 5. The highest BCUT2D eigenvalue weighted by Crippen LogP contribution is 2.38. The van der Waals surface area contributed by atoms with Crippen molar-refractivity contribution < 1.29 is 0 Å². The van der Waals surface area contributed by atoms with E-state index in [4.69, 9.17) is 23.2 Å². The van der Waals surface area contributed by atoms with Gasteiger partial charge in [0.2, 0.25) is 0 Å². The Morgan fingerprint density at radius 1 is 1.07 bits per heavy atom. The molecule has 1 atom stereocenters. The molecule has 0 amide bonds. The van der Waals surface area contributed by atoms with E-state index in [1.54, 1.807) is 6.33 Å². The Balaban J connectivity index is 1.62. The van der Waals surface area contributed by atoms with E-state index in [2.05, 4.69) is 36.3 Å². The molecule has 1 aliphatic heterocycles. The van der Waals surface area contributed by atoms with Crippen LogP contribution in [0.5, 0.6) is 0 Å². The molecule has 0 saturated carbocycles. The van der Waals surface area contributed by atoms with Crippen molar-refractivity contribution in [2.75, 3.05) is 18.0 Å². The number of hydrogen-bond donors (Lipinski definition) is 1. The summed E-state index contributed by atoms with van der Waals surface area (Å²) in [5, 5.41) is 12.9. The highest BCUT2D eigenvalue weighted by Gasteiger charge is 2.25. The van der Waals surface area contributed by atoms with Gasteiger partial charge in [-0.25, -0.2) is 9.97 Å². The Hall–Kier alpha value is -2.70. The number of H-pyrrole nitrogens is 1. The second-order valence-corrected chi connectivity index (χ2v) is 8.04. The van der Waals surface area contributed by atoms with Gasteiger partial charge in [0.25, 0.3) is 0 Å².